The van der Waals surface area contributed by atoms with Crippen LogP contribution in [0, 0.1) is 5.92 Å². The first-order valence-corrected chi connectivity index (χ1v) is 15.1. The number of anilines is 1. The van der Waals surface area contributed by atoms with Crippen molar-refractivity contribution in [1.29, 1.82) is 0 Å². The summed E-state index contributed by atoms with van der Waals surface area (Å²) in [6.07, 6.45) is 8.06. The Bertz CT molecular complexity index is 1120. The Morgan fingerprint density at radius 2 is 1.59 bits per heavy atom. The zero-order valence-electron chi connectivity index (χ0n) is 26.0. The van der Waals surface area contributed by atoms with Crippen LogP contribution in [0.4, 0.5) is 5.82 Å². The van der Waals surface area contributed by atoms with Gasteiger partial charge in [-0.05, 0) is 89.7 Å². The first kappa shape index (κ1) is 32.5. The summed E-state index contributed by atoms with van der Waals surface area (Å²) >= 11 is 0. The lowest BCUT2D eigenvalue weighted by Crippen LogP contribution is -2.19. The van der Waals surface area contributed by atoms with Crippen molar-refractivity contribution in [3.8, 4) is 0 Å². The first-order chi connectivity index (χ1) is 18.7. The van der Waals surface area contributed by atoms with Crippen molar-refractivity contribution in [2.75, 3.05) is 38.6 Å². The molecule has 0 bridgehead atoms. The summed E-state index contributed by atoms with van der Waals surface area (Å²) in [6, 6.07) is 12.2. The highest BCUT2D eigenvalue weighted by atomic mass is 16.1. The molecule has 0 fully saturated rings. The van der Waals surface area contributed by atoms with E-state index in [1.807, 2.05) is 12.1 Å². The van der Waals surface area contributed by atoms with Crippen molar-refractivity contribution in [3.05, 3.63) is 53.3 Å². The van der Waals surface area contributed by atoms with Gasteiger partial charge in [0.15, 0.2) is 11.4 Å². The number of nitrogens with zero attached hydrogens (tertiary/aromatic N) is 5. The second kappa shape index (κ2) is 17.1. The average molecular weight is 536 g/mol. The van der Waals surface area contributed by atoms with E-state index < -0.39 is 0 Å². The van der Waals surface area contributed by atoms with Gasteiger partial charge in [-0.2, -0.15) is 0 Å². The molecule has 0 amide bonds. The number of Topliss-reactive ketones (excluding diaryl/α,β-unsaturated/α-hetero) is 1. The van der Waals surface area contributed by atoms with Gasteiger partial charge in [0.05, 0.1) is 0 Å². The Hall–Kier alpha value is -2.73. The van der Waals surface area contributed by atoms with E-state index in [1.165, 1.54) is 37.9 Å². The summed E-state index contributed by atoms with van der Waals surface area (Å²) in [5.74, 6) is 2.78. The van der Waals surface area contributed by atoms with Gasteiger partial charge >= 0.3 is 0 Å². The van der Waals surface area contributed by atoms with Crippen LogP contribution < -0.4 is 4.90 Å². The van der Waals surface area contributed by atoms with E-state index in [0.29, 0.717) is 5.92 Å². The molecule has 0 saturated carbocycles. The number of benzene rings is 1. The van der Waals surface area contributed by atoms with E-state index in [0.717, 1.165) is 67.1 Å². The molecule has 3 rings (SSSR count). The summed E-state index contributed by atoms with van der Waals surface area (Å²) in [5.41, 5.74) is 4.02. The van der Waals surface area contributed by atoms with Crippen LogP contribution in [-0.2, 0) is 19.4 Å². The molecule has 0 N–H and O–H groups in total. The van der Waals surface area contributed by atoms with E-state index in [1.54, 1.807) is 6.92 Å². The van der Waals surface area contributed by atoms with Gasteiger partial charge in [0, 0.05) is 32.1 Å². The number of carbonyl (C=O) groups is 1. The fraction of sp³-hybridized carbons (Fsp3) is 0.606. The van der Waals surface area contributed by atoms with E-state index in [2.05, 4.69) is 87.3 Å². The molecule has 6 heteroatoms. The van der Waals surface area contributed by atoms with Crippen LogP contribution in [0.2, 0.25) is 0 Å². The fourth-order valence-electron chi connectivity index (χ4n) is 4.90. The number of imidazole rings is 1. The minimum atomic E-state index is 0.116. The third-order valence-electron chi connectivity index (χ3n) is 7.23. The monoisotopic (exact) mass is 535 g/mol. The van der Waals surface area contributed by atoms with Crippen LogP contribution in [0.15, 0.2) is 36.4 Å². The van der Waals surface area contributed by atoms with Crippen LogP contribution in [0.3, 0.4) is 0 Å². The third kappa shape index (κ3) is 10.4. The van der Waals surface area contributed by atoms with Crippen molar-refractivity contribution in [3.63, 3.8) is 0 Å². The quantitative estimate of drug-likeness (QED) is 0.189. The van der Waals surface area contributed by atoms with Gasteiger partial charge in [0.25, 0.3) is 0 Å². The maximum Gasteiger partial charge on any atom is 0.162 e. The molecule has 2 aromatic heterocycles. The van der Waals surface area contributed by atoms with Gasteiger partial charge < -0.3 is 14.4 Å². The molecule has 1 atom stereocenters. The van der Waals surface area contributed by atoms with Crippen LogP contribution in [0.5, 0.6) is 0 Å². The summed E-state index contributed by atoms with van der Waals surface area (Å²) in [4.78, 5) is 25.8. The largest absolute Gasteiger partial charge is 0.360 e. The van der Waals surface area contributed by atoms with Gasteiger partial charge in [-0.3, -0.25) is 4.79 Å². The van der Waals surface area contributed by atoms with Gasteiger partial charge in [-0.15, -0.1) is 0 Å². The Morgan fingerprint density at radius 1 is 0.897 bits per heavy atom. The summed E-state index contributed by atoms with van der Waals surface area (Å²) in [7, 11) is 4.29. The molecule has 0 aliphatic rings. The molecule has 0 saturated heterocycles. The van der Waals surface area contributed by atoms with Gasteiger partial charge in [0.2, 0.25) is 0 Å². The minimum absolute atomic E-state index is 0.116. The van der Waals surface area contributed by atoms with E-state index in [4.69, 9.17) is 9.97 Å². The number of pyridine rings is 1. The highest BCUT2D eigenvalue weighted by molar-refractivity contribution is 5.94. The van der Waals surface area contributed by atoms with Crippen LogP contribution >= 0.6 is 0 Å². The average Bonchev–Trinajstić information content (AvgIpc) is 3.28. The maximum absolute atomic E-state index is 11.4. The molecule has 39 heavy (non-hydrogen) atoms. The molecule has 3 aromatic rings. The Balaban J connectivity index is 0.000000510. The lowest BCUT2D eigenvalue weighted by atomic mass is 9.95. The van der Waals surface area contributed by atoms with Crippen LogP contribution in [0.25, 0.3) is 11.2 Å². The van der Waals surface area contributed by atoms with Crippen LogP contribution in [-0.4, -0.2) is 58.9 Å². The van der Waals surface area contributed by atoms with Gasteiger partial charge in [-0.25, -0.2) is 9.97 Å². The second-order valence-electron chi connectivity index (χ2n) is 11.0. The molecule has 6 nitrogen and oxygen atoms in total. The molecule has 1 aromatic carbocycles. The SMILES string of the molecule is CCCCN(C)CCC.CCCN(C)c1ccc2nc(CCC(C)Cc3ccc(C(C)=O)cc3)n(CC)c2n1. The van der Waals surface area contributed by atoms with Gasteiger partial charge in [-0.1, -0.05) is 58.4 Å². The predicted octanol–water partition coefficient (Wildman–Crippen LogP) is 7.44. The normalized spacial score (nSPS) is 11.9. The summed E-state index contributed by atoms with van der Waals surface area (Å²) < 4.78 is 2.26. The van der Waals surface area contributed by atoms with Crippen molar-refractivity contribution in [2.45, 2.75) is 93.0 Å². The zero-order valence-corrected chi connectivity index (χ0v) is 26.0. The highest BCUT2D eigenvalue weighted by Gasteiger charge is 2.14. The van der Waals surface area contributed by atoms with Gasteiger partial charge in [0.1, 0.15) is 17.2 Å². The molecule has 0 spiro atoms. The number of fused-ring (bicyclic) bond motifs is 1. The fourth-order valence-corrected chi connectivity index (χ4v) is 4.90. The Morgan fingerprint density at radius 3 is 2.18 bits per heavy atom. The van der Waals surface area contributed by atoms with Crippen molar-refractivity contribution < 1.29 is 4.79 Å². The molecular weight excluding hydrogens is 482 g/mol. The summed E-state index contributed by atoms with van der Waals surface area (Å²) in [6.45, 7) is 17.1. The topological polar surface area (TPSA) is 54.3 Å². The molecule has 0 aliphatic carbocycles. The third-order valence-corrected chi connectivity index (χ3v) is 7.23. The number of hydrogen-bond acceptors (Lipinski definition) is 5. The van der Waals surface area contributed by atoms with E-state index in [9.17, 15) is 4.79 Å². The number of hydrogen-bond donors (Lipinski definition) is 0. The summed E-state index contributed by atoms with van der Waals surface area (Å²) in [5, 5.41) is 0. The number of carbonyl (C=O) groups excluding carboxylic acids is 1. The van der Waals surface area contributed by atoms with Crippen molar-refractivity contribution in [2.24, 2.45) is 5.92 Å². The number of rotatable bonds is 15. The molecule has 0 aliphatic heterocycles. The maximum atomic E-state index is 11.4. The standard InChI is InChI=1S/C25H34N4O.C8H19N/c1-6-16-28(5)23-15-13-22-25(27-23)29(7-2)24(26-22)14-8-18(3)17-20-9-11-21(12-10-20)19(4)30;1-4-6-8-9(3)7-5-2/h9-13,15,18H,6-8,14,16-17H2,1-5H3;4-8H2,1-3H3. The second-order valence-corrected chi connectivity index (χ2v) is 11.0. The smallest absolute Gasteiger partial charge is 0.162 e. The molecule has 216 valence electrons. The number of unbranched alkanes of at least 4 members (excludes halogenated alkanes) is 1. The first-order valence-electron chi connectivity index (χ1n) is 15.1. The number of ketones is 1. The highest BCUT2D eigenvalue weighted by Crippen LogP contribution is 2.22. The Kier molecular flexibility index (Phi) is 14.2. The molecule has 0 radical (unpaired) electrons. The number of aromatic nitrogens is 3. The Labute approximate surface area is 237 Å². The minimum Gasteiger partial charge on any atom is -0.360 e. The predicted molar refractivity (Wildman–Crippen MR) is 167 cm³/mol. The van der Waals surface area contributed by atoms with E-state index in [-0.39, 0.29) is 5.78 Å². The molecular formula is C33H53N5O. The zero-order chi connectivity index (χ0) is 28.8. The van der Waals surface area contributed by atoms with Crippen molar-refractivity contribution >= 4 is 22.8 Å². The van der Waals surface area contributed by atoms with E-state index >= 15 is 0 Å². The number of aryl methyl sites for hydroxylation is 2. The molecule has 2 heterocycles. The lowest BCUT2D eigenvalue weighted by molar-refractivity contribution is 0.101. The lowest BCUT2D eigenvalue weighted by Gasteiger charge is -2.17. The molecule has 1 unspecified atom stereocenters. The van der Waals surface area contributed by atoms with Crippen molar-refractivity contribution in [1.82, 2.24) is 19.4 Å². The van der Waals surface area contributed by atoms with Crippen LogP contribution in [0.1, 0.15) is 95.4 Å².